The summed E-state index contributed by atoms with van der Waals surface area (Å²) in [5.74, 6) is -1.30. The standard InChI is InChI=1S/C13H17FN2O6S/c1-8(17)21-7-9-5-10(6-11(9)14)16-4-3-12(15-13(16)18)22-23(2,19)20/h3-4,9-11H,5-7H2,1-2H3/t9-,10-,11+/m1/s1. The fourth-order valence-corrected chi connectivity index (χ4v) is 2.95. The molecular weight excluding hydrogens is 331 g/mol. The second-order valence-electron chi connectivity index (χ2n) is 5.45. The van der Waals surface area contributed by atoms with Crippen LogP contribution in [-0.4, -0.2) is 43.0 Å². The predicted octanol–water partition coefficient (Wildman–Crippen LogP) is 0.434. The van der Waals surface area contributed by atoms with E-state index in [2.05, 4.69) is 9.17 Å². The van der Waals surface area contributed by atoms with Crippen molar-refractivity contribution in [2.24, 2.45) is 5.92 Å². The van der Waals surface area contributed by atoms with E-state index in [9.17, 15) is 22.4 Å². The molecule has 0 saturated heterocycles. The molecule has 1 aromatic heterocycles. The molecule has 1 fully saturated rings. The average molecular weight is 348 g/mol. The van der Waals surface area contributed by atoms with Crippen molar-refractivity contribution in [2.75, 3.05) is 12.9 Å². The lowest BCUT2D eigenvalue weighted by atomic mass is 10.1. The number of hydrogen-bond donors (Lipinski definition) is 0. The first-order valence-electron chi connectivity index (χ1n) is 6.92. The quantitative estimate of drug-likeness (QED) is 0.561. The summed E-state index contributed by atoms with van der Waals surface area (Å²) >= 11 is 0. The number of halogens is 1. The highest BCUT2D eigenvalue weighted by molar-refractivity contribution is 7.86. The van der Waals surface area contributed by atoms with Crippen LogP contribution in [-0.2, 0) is 19.6 Å². The van der Waals surface area contributed by atoms with Crippen molar-refractivity contribution < 1.29 is 26.5 Å². The summed E-state index contributed by atoms with van der Waals surface area (Å²) in [6, 6.07) is 0.799. The largest absolute Gasteiger partial charge is 0.465 e. The number of alkyl halides is 1. The van der Waals surface area contributed by atoms with Gasteiger partial charge in [0.15, 0.2) is 0 Å². The third-order valence-electron chi connectivity index (χ3n) is 3.52. The van der Waals surface area contributed by atoms with Gasteiger partial charge in [-0.2, -0.15) is 13.4 Å². The molecule has 0 radical (unpaired) electrons. The van der Waals surface area contributed by atoms with Gasteiger partial charge in [0.2, 0.25) is 5.88 Å². The molecule has 0 unspecified atom stereocenters. The zero-order chi connectivity index (χ0) is 17.2. The molecule has 0 amide bonds. The Balaban J connectivity index is 2.11. The van der Waals surface area contributed by atoms with Crippen molar-refractivity contribution in [2.45, 2.75) is 32.0 Å². The van der Waals surface area contributed by atoms with Crippen molar-refractivity contribution in [1.82, 2.24) is 9.55 Å². The topological polar surface area (TPSA) is 105 Å². The number of rotatable bonds is 5. The molecule has 0 bridgehead atoms. The minimum atomic E-state index is -3.78. The molecule has 23 heavy (non-hydrogen) atoms. The predicted molar refractivity (Wildman–Crippen MR) is 77.3 cm³/mol. The second-order valence-corrected chi connectivity index (χ2v) is 7.02. The first-order valence-corrected chi connectivity index (χ1v) is 8.73. The molecular formula is C13H17FN2O6S. The molecule has 1 aromatic rings. The highest BCUT2D eigenvalue weighted by Gasteiger charge is 2.36. The molecule has 1 aliphatic carbocycles. The van der Waals surface area contributed by atoms with Gasteiger partial charge in [0.05, 0.1) is 12.9 Å². The average Bonchev–Trinajstić information content (AvgIpc) is 2.75. The molecule has 3 atom stereocenters. The molecule has 0 aliphatic heterocycles. The van der Waals surface area contributed by atoms with Crippen molar-refractivity contribution in [3.05, 3.63) is 22.7 Å². The van der Waals surface area contributed by atoms with Gasteiger partial charge < -0.3 is 8.92 Å². The van der Waals surface area contributed by atoms with Crippen LogP contribution in [0.2, 0.25) is 0 Å². The molecule has 2 rings (SSSR count). The van der Waals surface area contributed by atoms with Gasteiger partial charge in [-0.1, -0.05) is 0 Å². The summed E-state index contributed by atoms with van der Waals surface area (Å²) in [4.78, 5) is 26.3. The van der Waals surface area contributed by atoms with E-state index in [1.54, 1.807) is 0 Å². The molecule has 0 aromatic carbocycles. The lowest BCUT2D eigenvalue weighted by Gasteiger charge is -2.14. The van der Waals surface area contributed by atoms with Crippen molar-refractivity contribution >= 4 is 16.1 Å². The van der Waals surface area contributed by atoms with E-state index in [4.69, 9.17) is 4.74 Å². The van der Waals surface area contributed by atoms with Crippen LogP contribution in [0, 0.1) is 5.92 Å². The maximum Gasteiger partial charge on any atom is 0.351 e. The summed E-state index contributed by atoms with van der Waals surface area (Å²) in [6.45, 7) is 1.21. The highest BCUT2D eigenvalue weighted by Crippen LogP contribution is 2.36. The Labute approximate surface area is 132 Å². The van der Waals surface area contributed by atoms with Crippen LogP contribution >= 0.6 is 0 Å². The Morgan fingerprint density at radius 2 is 2.17 bits per heavy atom. The Morgan fingerprint density at radius 1 is 1.48 bits per heavy atom. The number of nitrogens with zero attached hydrogens (tertiary/aromatic N) is 2. The summed E-state index contributed by atoms with van der Waals surface area (Å²) < 4.78 is 46.6. The van der Waals surface area contributed by atoms with Gasteiger partial charge in [0.1, 0.15) is 6.17 Å². The van der Waals surface area contributed by atoms with E-state index in [-0.39, 0.29) is 18.9 Å². The Hall–Kier alpha value is -1.97. The molecule has 128 valence electrons. The van der Waals surface area contributed by atoms with E-state index in [1.165, 1.54) is 23.8 Å². The SMILES string of the molecule is CC(=O)OC[C@H]1C[C@@H](n2ccc(OS(C)(=O)=O)nc2=O)C[C@@H]1F. The first-order chi connectivity index (χ1) is 10.7. The number of hydrogen-bond acceptors (Lipinski definition) is 7. The molecule has 8 nitrogen and oxygen atoms in total. The number of ether oxygens (including phenoxy) is 1. The van der Waals surface area contributed by atoms with E-state index in [1.807, 2.05) is 0 Å². The van der Waals surface area contributed by atoms with Gasteiger partial charge in [-0.25, -0.2) is 9.18 Å². The molecule has 0 N–H and O–H groups in total. The lowest BCUT2D eigenvalue weighted by Crippen LogP contribution is -2.26. The fraction of sp³-hybridized carbons (Fsp3) is 0.615. The number of carbonyl (C=O) groups excluding carboxylic acids is 1. The van der Waals surface area contributed by atoms with E-state index in [0.717, 1.165) is 6.26 Å². The Bertz CT molecular complexity index is 747. The van der Waals surface area contributed by atoms with Gasteiger partial charge in [0, 0.05) is 31.1 Å². The summed E-state index contributed by atoms with van der Waals surface area (Å²) in [6.07, 6.45) is 1.38. The smallest absolute Gasteiger partial charge is 0.351 e. The second kappa shape index (κ2) is 6.65. The van der Waals surface area contributed by atoms with E-state index in [0.29, 0.717) is 6.42 Å². The summed E-state index contributed by atoms with van der Waals surface area (Å²) in [5, 5.41) is 0. The Morgan fingerprint density at radius 3 is 2.74 bits per heavy atom. The van der Waals surface area contributed by atoms with Crippen LogP contribution in [0.3, 0.4) is 0 Å². The normalized spacial score (nSPS) is 24.4. The maximum atomic E-state index is 14.0. The fourth-order valence-electron chi connectivity index (χ4n) is 2.55. The van der Waals surface area contributed by atoms with Gasteiger partial charge in [-0.15, -0.1) is 0 Å². The highest BCUT2D eigenvalue weighted by atomic mass is 32.2. The zero-order valence-electron chi connectivity index (χ0n) is 12.6. The van der Waals surface area contributed by atoms with Crippen molar-refractivity contribution in [3.8, 4) is 5.88 Å². The molecule has 1 saturated carbocycles. The van der Waals surface area contributed by atoms with Crippen LogP contribution in [0.25, 0.3) is 0 Å². The summed E-state index contributed by atoms with van der Waals surface area (Å²) in [7, 11) is -3.78. The molecule has 0 spiro atoms. The van der Waals surface area contributed by atoms with Gasteiger partial charge in [-0.05, 0) is 12.8 Å². The lowest BCUT2D eigenvalue weighted by molar-refractivity contribution is -0.142. The van der Waals surface area contributed by atoms with Crippen molar-refractivity contribution in [1.29, 1.82) is 0 Å². The van der Waals surface area contributed by atoms with E-state index >= 15 is 0 Å². The minimum Gasteiger partial charge on any atom is -0.465 e. The maximum absolute atomic E-state index is 14.0. The van der Waals surface area contributed by atoms with Crippen LogP contribution in [0.1, 0.15) is 25.8 Å². The summed E-state index contributed by atoms with van der Waals surface area (Å²) in [5.41, 5.74) is -0.725. The Kier molecular flexibility index (Phi) is 5.03. The van der Waals surface area contributed by atoms with Gasteiger partial charge >= 0.3 is 21.8 Å². The third-order valence-corrected chi connectivity index (χ3v) is 3.99. The van der Waals surface area contributed by atoms with Gasteiger partial charge in [0.25, 0.3) is 0 Å². The van der Waals surface area contributed by atoms with Crippen LogP contribution in [0.15, 0.2) is 17.1 Å². The molecule has 1 aliphatic rings. The molecule has 1 heterocycles. The molecule has 10 heteroatoms. The first kappa shape index (κ1) is 17.4. The number of esters is 1. The van der Waals surface area contributed by atoms with Crippen LogP contribution in [0.4, 0.5) is 4.39 Å². The monoisotopic (exact) mass is 348 g/mol. The van der Waals surface area contributed by atoms with E-state index < -0.39 is 39.9 Å². The third kappa shape index (κ3) is 4.75. The number of carbonyl (C=O) groups is 1. The number of aromatic nitrogens is 2. The zero-order valence-corrected chi connectivity index (χ0v) is 13.5. The van der Waals surface area contributed by atoms with Gasteiger partial charge in [-0.3, -0.25) is 9.36 Å². The minimum absolute atomic E-state index is 0.0372. The van der Waals surface area contributed by atoms with Crippen molar-refractivity contribution in [3.63, 3.8) is 0 Å². The van der Waals surface area contributed by atoms with Crippen LogP contribution in [0.5, 0.6) is 5.88 Å². The van der Waals surface area contributed by atoms with Crippen LogP contribution < -0.4 is 9.87 Å².